The lowest BCUT2D eigenvalue weighted by atomic mass is 9.99. The lowest BCUT2D eigenvalue weighted by molar-refractivity contribution is -0.116. The van der Waals surface area contributed by atoms with E-state index in [1.807, 2.05) is 60.0 Å². The maximum Gasteiger partial charge on any atom is 0.238 e. The van der Waals surface area contributed by atoms with Gasteiger partial charge in [0.1, 0.15) is 10.7 Å². The van der Waals surface area contributed by atoms with Crippen LogP contribution in [0.5, 0.6) is 23.0 Å². The van der Waals surface area contributed by atoms with Crippen molar-refractivity contribution in [3.05, 3.63) is 95.1 Å². The average Bonchev–Trinajstić information content (AvgIpc) is 3.59. The topological polar surface area (TPSA) is 99.5 Å². The lowest BCUT2D eigenvalue weighted by Gasteiger charge is -2.27. The van der Waals surface area contributed by atoms with Crippen LogP contribution in [-0.4, -0.2) is 47.8 Å². The van der Waals surface area contributed by atoms with Gasteiger partial charge in [0.15, 0.2) is 23.0 Å². The number of aryl methyl sites for hydroxylation is 2. The Morgan fingerprint density at radius 1 is 0.636 bits per heavy atom. The molecule has 10 heteroatoms. The number of phenols is 2. The van der Waals surface area contributed by atoms with Crippen LogP contribution in [0, 0.1) is 13.8 Å². The molecule has 2 amide bonds. The Morgan fingerprint density at radius 3 is 1.41 bits per heavy atom. The Morgan fingerprint density at radius 2 is 1.05 bits per heavy atom. The molecular weight excluding hydrogens is 597 g/mol. The van der Waals surface area contributed by atoms with Gasteiger partial charge in [0.05, 0.1) is 25.7 Å². The number of aromatic hydroxyl groups is 2. The van der Waals surface area contributed by atoms with Crippen molar-refractivity contribution in [3.8, 4) is 34.1 Å². The summed E-state index contributed by atoms with van der Waals surface area (Å²) in [5.41, 5.74) is 7.36. The second-order valence-corrected chi connectivity index (χ2v) is 12.9. The molecule has 2 unspecified atom stereocenters. The number of nitrogens with zero attached hydrogens (tertiary/aromatic N) is 2. The highest BCUT2D eigenvalue weighted by Crippen LogP contribution is 2.47. The van der Waals surface area contributed by atoms with E-state index in [2.05, 4.69) is 12.1 Å². The minimum absolute atomic E-state index is 0.0250. The van der Waals surface area contributed by atoms with E-state index < -0.39 is 0 Å². The Hall–Kier alpha value is -4.28. The SMILES string of the molecule is COc1cc(C2SCC(=O)N2c2ccc(-c3ccc(N4C(=O)CSC4c4ccc(O)c(OC)c4)c(C)c3)cc2C)ccc1O. The summed E-state index contributed by atoms with van der Waals surface area (Å²) in [6, 6.07) is 22.5. The van der Waals surface area contributed by atoms with Gasteiger partial charge in [-0.1, -0.05) is 24.3 Å². The first kappa shape index (κ1) is 29.8. The van der Waals surface area contributed by atoms with E-state index in [1.54, 1.807) is 47.8 Å². The number of benzene rings is 4. The summed E-state index contributed by atoms with van der Waals surface area (Å²) in [7, 11) is 3.02. The molecule has 0 bridgehead atoms. The fourth-order valence-corrected chi connectivity index (χ4v) is 8.09. The predicted molar refractivity (Wildman–Crippen MR) is 176 cm³/mol. The first-order valence-corrected chi connectivity index (χ1v) is 16.1. The molecule has 6 rings (SSSR count). The Balaban J connectivity index is 1.28. The molecule has 2 heterocycles. The molecule has 0 saturated carbocycles. The molecule has 2 N–H and O–H groups in total. The number of amides is 2. The zero-order valence-corrected chi connectivity index (χ0v) is 26.4. The summed E-state index contributed by atoms with van der Waals surface area (Å²) in [4.78, 5) is 29.8. The summed E-state index contributed by atoms with van der Waals surface area (Å²) in [6.07, 6.45) is 0. The van der Waals surface area contributed by atoms with Gasteiger partial charge in [-0.15, -0.1) is 23.5 Å². The van der Waals surface area contributed by atoms with Crippen molar-refractivity contribution in [1.82, 2.24) is 0 Å². The predicted octanol–water partition coefficient (Wildman–Crippen LogP) is 6.96. The van der Waals surface area contributed by atoms with E-state index in [-0.39, 0.29) is 34.1 Å². The van der Waals surface area contributed by atoms with Gasteiger partial charge in [0.2, 0.25) is 11.8 Å². The van der Waals surface area contributed by atoms with E-state index in [0.717, 1.165) is 44.8 Å². The summed E-state index contributed by atoms with van der Waals surface area (Å²) in [6.45, 7) is 4.00. The van der Waals surface area contributed by atoms with Crippen molar-refractivity contribution in [1.29, 1.82) is 0 Å². The van der Waals surface area contributed by atoms with Crippen molar-refractivity contribution in [3.63, 3.8) is 0 Å². The van der Waals surface area contributed by atoms with Crippen LogP contribution in [0.15, 0.2) is 72.8 Å². The average molecular weight is 629 g/mol. The van der Waals surface area contributed by atoms with Crippen molar-refractivity contribution < 1.29 is 29.3 Å². The van der Waals surface area contributed by atoms with Crippen LogP contribution in [0.4, 0.5) is 11.4 Å². The van der Waals surface area contributed by atoms with Crippen LogP contribution in [0.3, 0.4) is 0 Å². The van der Waals surface area contributed by atoms with Gasteiger partial charge in [-0.05, 0) is 95.8 Å². The van der Waals surface area contributed by atoms with Crippen LogP contribution in [-0.2, 0) is 9.59 Å². The highest BCUT2D eigenvalue weighted by Gasteiger charge is 2.36. The van der Waals surface area contributed by atoms with Crippen LogP contribution in [0.1, 0.15) is 33.0 Å². The van der Waals surface area contributed by atoms with E-state index in [1.165, 1.54) is 14.2 Å². The van der Waals surface area contributed by atoms with Crippen LogP contribution < -0.4 is 19.3 Å². The molecule has 226 valence electrons. The first-order chi connectivity index (χ1) is 21.2. The highest BCUT2D eigenvalue weighted by molar-refractivity contribution is 8.01. The molecule has 4 aromatic carbocycles. The minimum Gasteiger partial charge on any atom is -0.504 e. The molecule has 8 nitrogen and oxygen atoms in total. The van der Waals surface area contributed by atoms with Crippen molar-refractivity contribution >= 4 is 46.7 Å². The second kappa shape index (κ2) is 12.0. The third-order valence-corrected chi connectivity index (χ3v) is 10.4. The maximum absolute atomic E-state index is 13.1. The van der Waals surface area contributed by atoms with Crippen molar-refractivity contribution in [2.75, 3.05) is 35.5 Å². The molecule has 2 aliphatic heterocycles. The minimum atomic E-state index is -0.236. The molecule has 44 heavy (non-hydrogen) atoms. The number of carbonyl (C=O) groups is 2. The van der Waals surface area contributed by atoms with Crippen LogP contribution >= 0.6 is 23.5 Å². The largest absolute Gasteiger partial charge is 0.504 e. The normalized spacial score (nSPS) is 18.3. The standard InChI is InChI=1S/C34H32N2O6S2/c1-19-13-21(5-9-25(19)35-31(39)17-43-33(35)23-7-11-27(37)29(15-23)41-3)22-6-10-26(20(2)14-22)36-32(40)18-44-34(36)24-8-12-28(38)30(16-24)42-4/h5-16,33-34,37-38H,17-18H2,1-4H3. The zero-order valence-electron chi connectivity index (χ0n) is 24.7. The van der Waals surface area contributed by atoms with Gasteiger partial charge < -0.3 is 19.7 Å². The zero-order chi connectivity index (χ0) is 31.1. The Bertz CT molecular complexity index is 1650. The molecule has 2 aliphatic rings. The quantitative estimate of drug-likeness (QED) is 0.227. The van der Waals surface area contributed by atoms with Crippen molar-refractivity contribution in [2.45, 2.75) is 24.6 Å². The fourth-order valence-electron chi connectivity index (χ4n) is 5.77. The van der Waals surface area contributed by atoms with Gasteiger partial charge in [-0.2, -0.15) is 0 Å². The van der Waals surface area contributed by atoms with E-state index >= 15 is 0 Å². The molecule has 4 aromatic rings. The van der Waals surface area contributed by atoms with E-state index in [0.29, 0.717) is 23.0 Å². The van der Waals surface area contributed by atoms with Gasteiger partial charge in [-0.25, -0.2) is 0 Å². The van der Waals surface area contributed by atoms with Gasteiger partial charge >= 0.3 is 0 Å². The summed E-state index contributed by atoms with van der Waals surface area (Å²) in [5.74, 6) is 1.63. The number of carbonyl (C=O) groups excluding carboxylic acids is 2. The Kier molecular flexibility index (Phi) is 8.13. The third-order valence-electron chi connectivity index (χ3n) is 7.96. The lowest BCUT2D eigenvalue weighted by Crippen LogP contribution is -2.28. The summed E-state index contributed by atoms with van der Waals surface area (Å²) in [5, 5.41) is 19.6. The summed E-state index contributed by atoms with van der Waals surface area (Å²) >= 11 is 3.09. The number of ether oxygens (including phenoxy) is 2. The molecule has 0 spiro atoms. The molecule has 2 fully saturated rings. The monoisotopic (exact) mass is 628 g/mol. The van der Waals surface area contributed by atoms with Crippen LogP contribution in [0.2, 0.25) is 0 Å². The first-order valence-electron chi connectivity index (χ1n) is 14.0. The van der Waals surface area contributed by atoms with E-state index in [4.69, 9.17) is 9.47 Å². The van der Waals surface area contributed by atoms with Gasteiger partial charge in [0.25, 0.3) is 0 Å². The Labute approximate surface area is 264 Å². The maximum atomic E-state index is 13.1. The molecule has 0 aliphatic carbocycles. The third kappa shape index (κ3) is 5.33. The number of thioether (sulfide) groups is 2. The molecule has 2 atom stereocenters. The smallest absolute Gasteiger partial charge is 0.238 e. The molecule has 0 radical (unpaired) electrons. The van der Waals surface area contributed by atoms with Gasteiger partial charge in [-0.3, -0.25) is 19.4 Å². The van der Waals surface area contributed by atoms with Crippen LogP contribution in [0.25, 0.3) is 11.1 Å². The molecule has 2 saturated heterocycles. The van der Waals surface area contributed by atoms with Gasteiger partial charge in [0, 0.05) is 11.4 Å². The second-order valence-electron chi connectivity index (χ2n) is 10.7. The van der Waals surface area contributed by atoms with Crippen molar-refractivity contribution in [2.24, 2.45) is 0 Å². The number of methoxy groups -OCH3 is 2. The fraction of sp³-hybridized carbons (Fsp3) is 0.235. The molecular formula is C34H32N2O6S2. The number of phenolic OH excluding ortho intramolecular Hbond substituents is 2. The number of rotatable bonds is 7. The number of hydrogen-bond acceptors (Lipinski definition) is 8. The number of hydrogen-bond donors (Lipinski definition) is 2. The number of anilines is 2. The molecule has 0 aromatic heterocycles. The highest BCUT2D eigenvalue weighted by atomic mass is 32.2. The summed E-state index contributed by atoms with van der Waals surface area (Å²) < 4.78 is 10.6. The van der Waals surface area contributed by atoms with E-state index in [9.17, 15) is 19.8 Å².